The number of hydrogen-bond donors (Lipinski definition) is 0. The minimum Gasteiger partial charge on any atom is -0.342 e. The van der Waals surface area contributed by atoms with E-state index < -0.39 is 0 Å². The van der Waals surface area contributed by atoms with Gasteiger partial charge in [0.2, 0.25) is 5.91 Å². The SMILES string of the molecule is CC(C1CC1)N(CC(=O)N1CCCC1)Cc1ccccc1. The molecule has 1 heterocycles. The third kappa shape index (κ3) is 3.85. The standard InChI is InChI=1S/C18H26N2O/c1-15(17-9-10-17)20(13-16-7-3-2-4-8-16)14-18(21)19-11-5-6-12-19/h2-4,7-8,15,17H,5-6,9-14H2,1H3. The second-order valence-corrected chi connectivity index (χ2v) is 6.56. The Morgan fingerprint density at radius 2 is 1.90 bits per heavy atom. The fourth-order valence-corrected chi connectivity index (χ4v) is 3.28. The van der Waals surface area contributed by atoms with E-state index in [0.29, 0.717) is 18.5 Å². The fourth-order valence-electron chi connectivity index (χ4n) is 3.28. The molecule has 1 aromatic rings. The number of likely N-dealkylation sites (tertiary alicyclic amines) is 1. The van der Waals surface area contributed by atoms with Gasteiger partial charge in [0.25, 0.3) is 0 Å². The summed E-state index contributed by atoms with van der Waals surface area (Å²) in [7, 11) is 0. The summed E-state index contributed by atoms with van der Waals surface area (Å²) in [5.41, 5.74) is 1.30. The first-order valence-electron chi connectivity index (χ1n) is 8.30. The van der Waals surface area contributed by atoms with Gasteiger partial charge in [-0.1, -0.05) is 30.3 Å². The maximum Gasteiger partial charge on any atom is 0.236 e. The van der Waals surface area contributed by atoms with E-state index in [0.717, 1.165) is 25.6 Å². The Balaban J connectivity index is 1.65. The van der Waals surface area contributed by atoms with Crippen LogP contribution in [-0.4, -0.2) is 41.4 Å². The van der Waals surface area contributed by atoms with Crippen molar-refractivity contribution in [3.8, 4) is 0 Å². The van der Waals surface area contributed by atoms with Gasteiger partial charge in [0.05, 0.1) is 6.54 Å². The summed E-state index contributed by atoms with van der Waals surface area (Å²) in [5, 5.41) is 0. The van der Waals surface area contributed by atoms with Crippen molar-refractivity contribution in [1.29, 1.82) is 0 Å². The predicted octanol–water partition coefficient (Wildman–Crippen LogP) is 2.91. The third-order valence-corrected chi connectivity index (χ3v) is 4.91. The Bertz CT molecular complexity index is 463. The molecular formula is C18H26N2O. The lowest BCUT2D eigenvalue weighted by Gasteiger charge is -2.30. The molecule has 3 heteroatoms. The van der Waals surface area contributed by atoms with E-state index in [4.69, 9.17) is 0 Å². The van der Waals surface area contributed by atoms with Gasteiger partial charge in [-0.05, 0) is 44.1 Å². The Morgan fingerprint density at radius 1 is 1.24 bits per heavy atom. The lowest BCUT2D eigenvalue weighted by molar-refractivity contribution is -0.132. The molecule has 0 spiro atoms. The predicted molar refractivity (Wildman–Crippen MR) is 84.9 cm³/mol. The molecule has 0 radical (unpaired) electrons. The van der Waals surface area contributed by atoms with Crippen molar-refractivity contribution in [2.45, 2.75) is 45.2 Å². The molecule has 1 atom stereocenters. The fraction of sp³-hybridized carbons (Fsp3) is 0.611. The first-order chi connectivity index (χ1) is 10.2. The van der Waals surface area contributed by atoms with Gasteiger partial charge in [0.1, 0.15) is 0 Å². The highest BCUT2D eigenvalue weighted by Gasteiger charge is 2.33. The zero-order valence-electron chi connectivity index (χ0n) is 13.0. The van der Waals surface area contributed by atoms with Crippen molar-refractivity contribution in [3.05, 3.63) is 35.9 Å². The van der Waals surface area contributed by atoms with E-state index in [9.17, 15) is 4.79 Å². The number of hydrogen-bond acceptors (Lipinski definition) is 2. The van der Waals surface area contributed by atoms with Gasteiger partial charge in [-0.3, -0.25) is 9.69 Å². The summed E-state index contributed by atoms with van der Waals surface area (Å²) >= 11 is 0. The second-order valence-electron chi connectivity index (χ2n) is 6.56. The Morgan fingerprint density at radius 3 is 2.52 bits per heavy atom. The lowest BCUT2D eigenvalue weighted by atomic mass is 10.1. The van der Waals surface area contributed by atoms with E-state index in [1.54, 1.807) is 0 Å². The van der Waals surface area contributed by atoms with Crippen molar-refractivity contribution in [3.63, 3.8) is 0 Å². The van der Waals surface area contributed by atoms with Crippen LogP contribution in [0, 0.1) is 5.92 Å². The monoisotopic (exact) mass is 286 g/mol. The van der Waals surface area contributed by atoms with Crippen LogP contribution in [-0.2, 0) is 11.3 Å². The molecule has 1 aliphatic heterocycles. The first-order valence-corrected chi connectivity index (χ1v) is 8.30. The third-order valence-electron chi connectivity index (χ3n) is 4.91. The Labute approximate surface area is 127 Å². The highest BCUT2D eigenvalue weighted by atomic mass is 16.2. The van der Waals surface area contributed by atoms with Crippen LogP contribution < -0.4 is 0 Å². The van der Waals surface area contributed by atoms with Crippen molar-refractivity contribution < 1.29 is 4.79 Å². The largest absolute Gasteiger partial charge is 0.342 e. The van der Waals surface area contributed by atoms with Crippen LogP contribution in [0.3, 0.4) is 0 Å². The number of benzene rings is 1. The number of rotatable bonds is 6. The molecule has 3 nitrogen and oxygen atoms in total. The highest BCUT2D eigenvalue weighted by molar-refractivity contribution is 5.78. The van der Waals surface area contributed by atoms with Crippen molar-refractivity contribution in [2.24, 2.45) is 5.92 Å². The zero-order chi connectivity index (χ0) is 14.7. The molecule has 0 aromatic heterocycles. The van der Waals surface area contributed by atoms with Gasteiger partial charge < -0.3 is 4.90 Å². The van der Waals surface area contributed by atoms with Gasteiger partial charge >= 0.3 is 0 Å². The molecule has 21 heavy (non-hydrogen) atoms. The molecule has 114 valence electrons. The molecule has 1 aromatic carbocycles. The second kappa shape index (κ2) is 6.61. The van der Waals surface area contributed by atoms with Crippen molar-refractivity contribution >= 4 is 5.91 Å². The van der Waals surface area contributed by atoms with E-state index in [-0.39, 0.29) is 0 Å². The molecule has 1 amide bonds. The minimum atomic E-state index is 0.316. The summed E-state index contributed by atoms with van der Waals surface area (Å²) in [6.07, 6.45) is 4.99. The van der Waals surface area contributed by atoms with E-state index in [1.165, 1.54) is 31.2 Å². The number of carbonyl (C=O) groups excluding carboxylic acids is 1. The number of carbonyl (C=O) groups is 1. The van der Waals surface area contributed by atoms with Crippen LogP contribution in [0.15, 0.2) is 30.3 Å². The van der Waals surface area contributed by atoms with Gasteiger partial charge in [0, 0.05) is 25.7 Å². The Kier molecular flexibility index (Phi) is 4.59. The van der Waals surface area contributed by atoms with Gasteiger partial charge in [0.15, 0.2) is 0 Å². The molecule has 0 N–H and O–H groups in total. The average molecular weight is 286 g/mol. The van der Waals surface area contributed by atoms with Crippen LogP contribution in [0.5, 0.6) is 0 Å². The van der Waals surface area contributed by atoms with E-state index in [1.807, 2.05) is 11.0 Å². The first kappa shape index (κ1) is 14.6. The van der Waals surface area contributed by atoms with Gasteiger partial charge in [-0.2, -0.15) is 0 Å². The highest BCUT2D eigenvalue weighted by Crippen LogP contribution is 2.35. The zero-order valence-corrected chi connectivity index (χ0v) is 13.0. The molecule has 1 saturated heterocycles. The maximum absolute atomic E-state index is 12.5. The quantitative estimate of drug-likeness (QED) is 0.803. The summed E-state index contributed by atoms with van der Waals surface area (Å²) in [4.78, 5) is 16.9. The van der Waals surface area contributed by atoms with E-state index in [2.05, 4.69) is 36.1 Å². The molecule has 1 aliphatic carbocycles. The van der Waals surface area contributed by atoms with Crippen molar-refractivity contribution in [1.82, 2.24) is 9.80 Å². The smallest absolute Gasteiger partial charge is 0.236 e. The summed E-state index contributed by atoms with van der Waals surface area (Å²) in [6, 6.07) is 11.0. The van der Waals surface area contributed by atoms with E-state index >= 15 is 0 Å². The average Bonchev–Trinajstić information content (AvgIpc) is 3.21. The molecule has 2 aliphatic rings. The van der Waals surface area contributed by atoms with Crippen LogP contribution >= 0.6 is 0 Å². The molecule has 3 rings (SSSR count). The molecule has 0 bridgehead atoms. The Hall–Kier alpha value is -1.35. The summed E-state index contributed by atoms with van der Waals surface area (Å²) in [5.74, 6) is 1.11. The summed E-state index contributed by atoms with van der Waals surface area (Å²) in [6.45, 7) is 5.66. The van der Waals surface area contributed by atoms with Crippen LogP contribution in [0.25, 0.3) is 0 Å². The topological polar surface area (TPSA) is 23.6 Å². The molecule has 1 unspecified atom stereocenters. The lowest BCUT2D eigenvalue weighted by Crippen LogP contribution is -2.43. The summed E-state index contributed by atoms with van der Waals surface area (Å²) < 4.78 is 0. The molecule has 1 saturated carbocycles. The van der Waals surface area contributed by atoms with Crippen molar-refractivity contribution in [2.75, 3.05) is 19.6 Å². The minimum absolute atomic E-state index is 0.316. The van der Waals surface area contributed by atoms with Crippen LogP contribution in [0.4, 0.5) is 0 Å². The normalized spacial score (nSPS) is 20.0. The van der Waals surface area contributed by atoms with Gasteiger partial charge in [-0.25, -0.2) is 0 Å². The molecular weight excluding hydrogens is 260 g/mol. The number of amides is 1. The maximum atomic E-state index is 12.5. The van der Waals surface area contributed by atoms with Gasteiger partial charge in [-0.15, -0.1) is 0 Å². The molecule has 2 fully saturated rings. The van der Waals surface area contributed by atoms with Crippen LogP contribution in [0.1, 0.15) is 38.2 Å². The van der Waals surface area contributed by atoms with Crippen LogP contribution in [0.2, 0.25) is 0 Å². The number of nitrogens with zero attached hydrogens (tertiary/aromatic N) is 2.